The monoisotopic (exact) mass is 379 g/mol. The van der Waals surface area contributed by atoms with Gasteiger partial charge >= 0.3 is 0 Å². The number of anilines is 1. The van der Waals surface area contributed by atoms with Crippen molar-refractivity contribution in [2.75, 3.05) is 38.4 Å². The average Bonchev–Trinajstić information content (AvgIpc) is 3.23. The summed E-state index contributed by atoms with van der Waals surface area (Å²) in [5, 5.41) is 5.01. The third kappa shape index (κ3) is 4.05. The first-order valence-electron chi connectivity index (χ1n) is 7.50. The smallest absolute Gasteiger partial charge is 0.282 e. The normalized spacial score (nSPS) is 13.8. The molecule has 2 aromatic rings. The van der Waals surface area contributed by atoms with Crippen molar-refractivity contribution in [3.05, 3.63) is 23.6 Å². The molecule has 1 aromatic carbocycles. The Morgan fingerprint density at radius 2 is 2.20 bits per heavy atom. The van der Waals surface area contributed by atoms with Crippen LogP contribution in [0.4, 0.5) is 9.93 Å². The maximum Gasteiger partial charge on any atom is 0.282 e. The van der Waals surface area contributed by atoms with Crippen molar-refractivity contribution in [3.63, 3.8) is 0 Å². The standard InChI is InChI=1S/C16H17N3O4S2/c1-22-10-3-4-11(13(7-10)23-2)12-9-25-15(17-12)18-14(20)8-19-5-6-24-16(19)21/h3-4,7,9H,5-6,8H2,1-2H3,(H,17,18,20). The molecule has 0 bridgehead atoms. The molecule has 2 heterocycles. The molecule has 0 spiro atoms. The van der Waals surface area contributed by atoms with Gasteiger partial charge in [-0.1, -0.05) is 11.8 Å². The second-order valence-electron chi connectivity index (χ2n) is 5.19. The molecule has 1 aliphatic heterocycles. The number of thiazole rings is 1. The van der Waals surface area contributed by atoms with Crippen molar-refractivity contribution < 1.29 is 19.1 Å². The fourth-order valence-corrected chi connectivity index (χ4v) is 3.92. The molecule has 1 aromatic heterocycles. The Morgan fingerprint density at radius 3 is 2.88 bits per heavy atom. The Labute approximate surface area is 153 Å². The zero-order valence-corrected chi connectivity index (χ0v) is 15.4. The third-order valence-electron chi connectivity index (χ3n) is 3.61. The number of nitrogens with one attached hydrogen (secondary N) is 1. The SMILES string of the molecule is COc1ccc(-c2csc(NC(=O)CN3CCSC3=O)n2)c(OC)c1. The molecule has 132 valence electrons. The number of thioether (sulfide) groups is 1. The van der Waals surface area contributed by atoms with E-state index in [4.69, 9.17) is 9.47 Å². The van der Waals surface area contributed by atoms with Gasteiger partial charge < -0.3 is 19.7 Å². The van der Waals surface area contributed by atoms with Crippen LogP contribution in [0.2, 0.25) is 0 Å². The number of aromatic nitrogens is 1. The van der Waals surface area contributed by atoms with E-state index in [1.165, 1.54) is 28.0 Å². The van der Waals surface area contributed by atoms with E-state index in [9.17, 15) is 9.59 Å². The lowest BCUT2D eigenvalue weighted by molar-refractivity contribution is -0.116. The number of amides is 2. The first-order valence-corrected chi connectivity index (χ1v) is 9.36. The van der Waals surface area contributed by atoms with Gasteiger partial charge in [-0.25, -0.2) is 4.98 Å². The molecule has 9 heteroatoms. The number of carbonyl (C=O) groups is 2. The summed E-state index contributed by atoms with van der Waals surface area (Å²) in [6, 6.07) is 5.47. The topological polar surface area (TPSA) is 80.8 Å². The van der Waals surface area contributed by atoms with E-state index in [0.29, 0.717) is 28.9 Å². The largest absolute Gasteiger partial charge is 0.497 e. The fraction of sp³-hybridized carbons (Fsp3) is 0.312. The molecule has 1 N–H and O–H groups in total. The predicted octanol–water partition coefficient (Wildman–Crippen LogP) is 2.93. The van der Waals surface area contributed by atoms with Gasteiger partial charge in [0.2, 0.25) is 5.91 Å². The zero-order valence-electron chi connectivity index (χ0n) is 13.8. The van der Waals surface area contributed by atoms with Crippen LogP contribution in [0, 0.1) is 0 Å². The third-order valence-corrected chi connectivity index (χ3v) is 5.26. The second-order valence-corrected chi connectivity index (χ2v) is 7.09. The highest BCUT2D eigenvalue weighted by atomic mass is 32.2. The van der Waals surface area contributed by atoms with E-state index in [0.717, 1.165) is 11.3 Å². The van der Waals surface area contributed by atoms with E-state index >= 15 is 0 Å². The van der Waals surface area contributed by atoms with Crippen LogP contribution >= 0.6 is 23.1 Å². The van der Waals surface area contributed by atoms with Gasteiger partial charge in [0.15, 0.2) is 5.13 Å². The fourth-order valence-electron chi connectivity index (χ4n) is 2.37. The summed E-state index contributed by atoms with van der Waals surface area (Å²) >= 11 is 2.55. The highest BCUT2D eigenvalue weighted by Crippen LogP contribution is 2.34. The Hall–Kier alpha value is -2.26. The van der Waals surface area contributed by atoms with Crippen LogP contribution in [-0.2, 0) is 4.79 Å². The van der Waals surface area contributed by atoms with Crippen molar-refractivity contribution in [2.24, 2.45) is 0 Å². The van der Waals surface area contributed by atoms with Gasteiger partial charge in [0.05, 0.1) is 19.9 Å². The molecule has 1 aliphatic rings. The molecule has 1 fully saturated rings. The molecule has 3 rings (SSSR count). The van der Waals surface area contributed by atoms with Crippen LogP contribution in [0.25, 0.3) is 11.3 Å². The summed E-state index contributed by atoms with van der Waals surface area (Å²) in [7, 11) is 3.17. The molecule has 0 aliphatic carbocycles. The van der Waals surface area contributed by atoms with Crippen molar-refractivity contribution >= 4 is 39.4 Å². The van der Waals surface area contributed by atoms with Crippen LogP contribution < -0.4 is 14.8 Å². The number of methoxy groups -OCH3 is 2. The molecular weight excluding hydrogens is 362 g/mol. The number of rotatable bonds is 6. The van der Waals surface area contributed by atoms with E-state index in [1.807, 2.05) is 17.5 Å². The summed E-state index contributed by atoms with van der Waals surface area (Å²) in [6.45, 7) is 0.649. The minimum atomic E-state index is -0.251. The molecule has 0 atom stereocenters. The second kappa shape index (κ2) is 7.75. The van der Waals surface area contributed by atoms with Crippen molar-refractivity contribution in [3.8, 4) is 22.8 Å². The van der Waals surface area contributed by atoms with Crippen molar-refractivity contribution in [1.29, 1.82) is 0 Å². The van der Waals surface area contributed by atoms with Crippen LogP contribution in [0.15, 0.2) is 23.6 Å². The van der Waals surface area contributed by atoms with Crippen LogP contribution in [0.3, 0.4) is 0 Å². The van der Waals surface area contributed by atoms with Gasteiger partial charge in [-0.15, -0.1) is 11.3 Å². The summed E-state index contributed by atoms with van der Waals surface area (Å²) in [6.07, 6.45) is 0. The van der Waals surface area contributed by atoms with Gasteiger partial charge in [0, 0.05) is 29.3 Å². The highest BCUT2D eigenvalue weighted by molar-refractivity contribution is 8.13. The highest BCUT2D eigenvalue weighted by Gasteiger charge is 2.23. The Balaban J connectivity index is 1.70. The van der Waals surface area contributed by atoms with Crippen molar-refractivity contribution in [1.82, 2.24) is 9.88 Å². The van der Waals surface area contributed by atoms with Crippen LogP contribution in [0.5, 0.6) is 11.5 Å². The van der Waals surface area contributed by atoms with E-state index in [1.54, 1.807) is 20.3 Å². The predicted molar refractivity (Wildman–Crippen MR) is 98.7 cm³/mol. The van der Waals surface area contributed by atoms with Gasteiger partial charge in [-0.3, -0.25) is 9.59 Å². The first kappa shape index (κ1) is 17.6. The number of carbonyl (C=O) groups excluding carboxylic acids is 2. The number of ether oxygens (including phenoxy) is 2. The van der Waals surface area contributed by atoms with Crippen molar-refractivity contribution in [2.45, 2.75) is 0 Å². The minimum absolute atomic E-state index is 0.0482. The van der Waals surface area contributed by atoms with E-state index in [2.05, 4.69) is 10.3 Å². The first-order chi connectivity index (χ1) is 12.1. The Bertz CT molecular complexity index is 793. The summed E-state index contributed by atoms with van der Waals surface area (Å²) in [5.74, 6) is 1.81. The lowest BCUT2D eigenvalue weighted by Crippen LogP contribution is -2.33. The molecule has 2 amide bonds. The van der Waals surface area contributed by atoms with Gasteiger partial charge in [-0.05, 0) is 12.1 Å². The van der Waals surface area contributed by atoms with Crippen LogP contribution in [0.1, 0.15) is 0 Å². The molecular formula is C16H17N3O4S2. The van der Waals surface area contributed by atoms with Gasteiger partial charge in [0.25, 0.3) is 5.24 Å². The summed E-state index contributed by atoms with van der Waals surface area (Å²) < 4.78 is 10.6. The maximum atomic E-state index is 12.1. The maximum absolute atomic E-state index is 12.1. The van der Waals surface area contributed by atoms with E-state index in [-0.39, 0.29) is 17.7 Å². The molecule has 0 radical (unpaired) electrons. The molecule has 0 unspecified atom stereocenters. The van der Waals surface area contributed by atoms with Gasteiger partial charge in [0.1, 0.15) is 18.0 Å². The molecule has 0 saturated carbocycles. The van der Waals surface area contributed by atoms with E-state index < -0.39 is 0 Å². The average molecular weight is 379 g/mol. The summed E-state index contributed by atoms with van der Waals surface area (Å²) in [5.41, 5.74) is 1.51. The Morgan fingerprint density at radius 1 is 1.36 bits per heavy atom. The number of hydrogen-bond acceptors (Lipinski definition) is 7. The molecule has 1 saturated heterocycles. The number of hydrogen-bond donors (Lipinski definition) is 1. The number of benzene rings is 1. The molecule has 25 heavy (non-hydrogen) atoms. The number of nitrogens with zero attached hydrogens (tertiary/aromatic N) is 2. The summed E-state index contributed by atoms with van der Waals surface area (Å²) in [4.78, 5) is 29.6. The Kier molecular flexibility index (Phi) is 5.44. The lowest BCUT2D eigenvalue weighted by atomic mass is 10.1. The van der Waals surface area contributed by atoms with Crippen LogP contribution in [-0.4, -0.2) is 54.1 Å². The van der Waals surface area contributed by atoms with Gasteiger partial charge in [-0.2, -0.15) is 0 Å². The molecule has 7 nitrogen and oxygen atoms in total. The lowest BCUT2D eigenvalue weighted by Gasteiger charge is -2.12. The zero-order chi connectivity index (χ0) is 17.8. The quantitative estimate of drug-likeness (QED) is 0.831. The minimum Gasteiger partial charge on any atom is -0.497 e.